The minimum Gasteiger partial charge on any atom is -0.379 e. The van der Waals surface area contributed by atoms with Gasteiger partial charge in [-0.3, -0.25) is 10.1 Å². The van der Waals surface area contributed by atoms with Crippen LogP contribution in [-0.2, 0) is 0 Å². The number of rotatable bonds is 4. The van der Waals surface area contributed by atoms with Crippen LogP contribution in [0.1, 0.15) is 35.2 Å². The maximum atomic E-state index is 10.8. The zero-order valence-electron chi connectivity index (χ0n) is 12.8. The minimum atomic E-state index is -0.355. The van der Waals surface area contributed by atoms with Crippen molar-refractivity contribution < 1.29 is 4.92 Å². The molecule has 0 bridgehead atoms. The monoisotopic (exact) mass is 284 g/mol. The number of benzene rings is 2. The Morgan fingerprint density at radius 2 is 1.67 bits per heavy atom. The largest absolute Gasteiger partial charge is 0.379 e. The van der Waals surface area contributed by atoms with Crippen molar-refractivity contribution in [3.8, 4) is 0 Å². The van der Waals surface area contributed by atoms with Crippen molar-refractivity contribution in [3.63, 3.8) is 0 Å². The van der Waals surface area contributed by atoms with Crippen LogP contribution < -0.4 is 5.32 Å². The van der Waals surface area contributed by atoms with E-state index in [1.54, 1.807) is 19.1 Å². The van der Waals surface area contributed by atoms with Crippen molar-refractivity contribution in [3.05, 3.63) is 68.8 Å². The van der Waals surface area contributed by atoms with E-state index in [1.807, 2.05) is 6.07 Å². The molecule has 4 nitrogen and oxygen atoms in total. The van der Waals surface area contributed by atoms with Crippen LogP contribution in [0.25, 0.3) is 0 Å². The van der Waals surface area contributed by atoms with Crippen molar-refractivity contribution in [2.45, 2.75) is 33.7 Å². The molecule has 2 rings (SSSR count). The van der Waals surface area contributed by atoms with Gasteiger partial charge in [0.1, 0.15) is 0 Å². The van der Waals surface area contributed by atoms with Crippen LogP contribution in [0.2, 0.25) is 0 Å². The summed E-state index contributed by atoms with van der Waals surface area (Å²) < 4.78 is 0. The van der Waals surface area contributed by atoms with Gasteiger partial charge in [0.25, 0.3) is 5.69 Å². The Morgan fingerprint density at radius 3 is 2.19 bits per heavy atom. The molecule has 0 aliphatic heterocycles. The summed E-state index contributed by atoms with van der Waals surface area (Å²) in [6.45, 7) is 8.01. The molecule has 0 spiro atoms. The average Bonchev–Trinajstić information content (AvgIpc) is 2.37. The third-order valence-electron chi connectivity index (χ3n) is 3.52. The summed E-state index contributed by atoms with van der Waals surface area (Å²) in [5.74, 6) is 0. The van der Waals surface area contributed by atoms with Gasteiger partial charge in [-0.05, 0) is 45.4 Å². The first-order valence-electron chi connectivity index (χ1n) is 6.96. The lowest BCUT2D eigenvalue weighted by Gasteiger charge is -2.17. The summed E-state index contributed by atoms with van der Waals surface area (Å²) in [6.07, 6.45) is 0. The quantitative estimate of drug-likeness (QED) is 0.654. The molecule has 4 heteroatoms. The summed E-state index contributed by atoms with van der Waals surface area (Å²) in [5, 5.41) is 14.2. The highest BCUT2D eigenvalue weighted by Gasteiger charge is 2.12. The smallest absolute Gasteiger partial charge is 0.272 e. The molecular formula is C17H20N2O2. The van der Waals surface area contributed by atoms with Gasteiger partial charge in [0, 0.05) is 23.4 Å². The lowest BCUT2D eigenvalue weighted by molar-refractivity contribution is -0.385. The fraction of sp³-hybridized carbons (Fsp3) is 0.294. The summed E-state index contributed by atoms with van der Waals surface area (Å²) in [5.41, 5.74) is 5.39. The zero-order valence-corrected chi connectivity index (χ0v) is 12.8. The first-order valence-corrected chi connectivity index (χ1v) is 6.96. The van der Waals surface area contributed by atoms with Gasteiger partial charge < -0.3 is 5.32 Å². The molecule has 0 heterocycles. The highest BCUT2D eigenvalue weighted by Crippen LogP contribution is 2.25. The highest BCUT2D eigenvalue weighted by atomic mass is 16.6. The molecule has 2 aromatic rings. The van der Waals surface area contributed by atoms with Gasteiger partial charge >= 0.3 is 0 Å². The molecule has 1 atom stereocenters. The van der Waals surface area contributed by atoms with Crippen LogP contribution >= 0.6 is 0 Å². The predicted molar refractivity (Wildman–Crippen MR) is 85.8 cm³/mol. The van der Waals surface area contributed by atoms with Gasteiger partial charge in [-0.15, -0.1) is 0 Å². The first kappa shape index (κ1) is 15.0. The predicted octanol–water partition coefficient (Wildman–Crippen LogP) is 4.69. The molecule has 0 amide bonds. The Labute approximate surface area is 125 Å². The second-order valence-corrected chi connectivity index (χ2v) is 5.55. The van der Waals surface area contributed by atoms with Crippen molar-refractivity contribution in [2.24, 2.45) is 0 Å². The molecule has 21 heavy (non-hydrogen) atoms. The van der Waals surface area contributed by atoms with Gasteiger partial charge in [-0.2, -0.15) is 0 Å². The molecule has 0 saturated heterocycles. The zero-order chi connectivity index (χ0) is 15.6. The van der Waals surface area contributed by atoms with Crippen LogP contribution in [-0.4, -0.2) is 4.92 Å². The standard InChI is InChI=1S/C17H20N2O2/c1-11-7-12(2)9-15(8-11)14(4)18-16-5-6-17(19(20)21)13(3)10-16/h5-10,14,18H,1-4H3. The van der Waals surface area contributed by atoms with Crippen LogP contribution in [0.3, 0.4) is 0 Å². The number of nitro groups is 1. The summed E-state index contributed by atoms with van der Waals surface area (Å²) >= 11 is 0. The Morgan fingerprint density at radius 1 is 1.05 bits per heavy atom. The van der Waals surface area contributed by atoms with Crippen molar-refractivity contribution >= 4 is 11.4 Å². The van der Waals surface area contributed by atoms with Crippen LogP contribution in [0, 0.1) is 30.9 Å². The lowest BCUT2D eigenvalue weighted by Crippen LogP contribution is -2.07. The lowest BCUT2D eigenvalue weighted by atomic mass is 10.0. The molecule has 0 aliphatic carbocycles. The van der Waals surface area contributed by atoms with E-state index in [2.05, 4.69) is 44.3 Å². The molecular weight excluding hydrogens is 264 g/mol. The maximum Gasteiger partial charge on any atom is 0.272 e. The minimum absolute atomic E-state index is 0.143. The number of nitrogens with zero attached hydrogens (tertiary/aromatic N) is 1. The Bertz CT molecular complexity index is 660. The normalized spacial score (nSPS) is 12.0. The van der Waals surface area contributed by atoms with Crippen LogP contribution in [0.4, 0.5) is 11.4 Å². The number of hydrogen-bond acceptors (Lipinski definition) is 3. The SMILES string of the molecule is Cc1cc(C)cc(C(C)Nc2ccc([N+](=O)[O-])c(C)c2)c1. The van der Waals surface area contributed by atoms with E-state index in [9.17, 15) is 10.1 Å². The Hall–Kier alpha value is -2.36. The van der Waals surface area contributed by atoms with Gasteiger partial charge in [-0.1, -0.05) is 29.3 Å². The van der Waals surface area contributed by atoms with Crippen LogP contribution in [0.5, 0.6) is 0 Å². The molecule has 0 aliphatic rings. The van der Waals surface area contributed by atoms with Gasteiger partial charge in [-0.25, -0.2) is 0 Å². The summed E-state index contributed by atoms with van der Waals surface area (Å²) in [4.78, 5) is 10.5. The van der Waals surface area contributed by atoms with Crippen molar-refractivity contribution in [2.75, 3.05) is 5.32 Å². The molecule has 1 unspecified atom stereocenters. The van der Waals surface area contributed by atoms with Gasteiger partial charge in [0.05, 0.1) is 4.92 Å². The molecule has 110 valence electrons. The van der Waals surface area contributed by atoms with E-state index in [4.69, 9.17) is 0 Å². The third-order valence-corrected chi connectivity index (χ3v) is 3.52. The van der Waals surface area contributed by atoms with E-state index < -0.39 is 0 Å². The number of aryl methyl sites for hydroxylation is 3. The van der Waals surface area contributed by atoms with E-state index >= 15 is 0 Å². The Balaban J connectivity index is 2.21. The van der Waals surface area contributed by atoms with Crippen molar-refractivity contribution in [1.29, 1.82) is 0 Å². The van der Waals surface area contributed by atoms with Gasteiger partial charge in [0.2, 0.25) is 0 Å². The highest BCUT2D eigenvalue weighted by molar-refractivity contribution is 5.54. The maximum absolute atomic E-state index is 10.8. The number of nitrogens with one attached hydrogen (secondary N) is 1. The first-order chi connectivity index (χ1) is 9.86. The van der Waals surface area contributed by atoms with Gasteiger partial charge in [0.15, 0.2) is 0 Å². The second kappa shape index (κ2) is 5.95. The fourth-order valence-corrected chi connectivity index (χ4v) is 2.54. The average molecular weight is 284 g/mol. The molecule has 2 aromatic carbocycles. The fourth-order valence-electron chi connectivity index (χ4n) is 2.54. The number of hydrogen-bond donors (Lipinski definition) is 1. The number of anilines is 1. The third kappa shape index (κ3) is 3.60. The summed E-state index contributed by atoms with van der Waals surface area (Å²) in [7, 11) is 0. The molecule has 0 radical (unpaired) electrons. The van der Waals surface area contributed by atoms with Crippen LogP contribution in [0.15, 0.2) is 36.4 Å². The van der Waals surface area contributed by atoms with E-state index in [-0.39, 0.29) is 16.7 Å². The second-order valence-electron chi connectivity index (χ2n) is 5.55. The molecule has 0 fully saturated rings. The van der Waals surface area contributed by atoms with E-state index in [0.717, 1.165) is 5.69 Å². The van der Waals surface area contributed by atoms with Crippen molar-refractivity contribution in [1.82, 2.24) is 0 Å². The topological polar surface area (TPSA) is 55.2 Å². The van der Waals surface area contributed by atoms with E-state index in [1.165, 1.54) is 16.7 Å². The summed E-state index contributed by atoms with van der Waals surface area (Å²) in [6, 6.07) is 11.7. The Kier molecular flexibility index (Phi) is 4.26. The molecule has 1 N–H and O–H groups in total. The molecule has 0 aromatic heterocycles. The number of nitro benzene ring substituents is 1. The van der Waals surface area contributed by atoms with E-state index in [0.29, 0.717) is 5.56 Å². The molecule has 0 saturated carbocycles.